The lowest BCUT2D eigenvalue weighted by atomic mass is 10.2. The standard InChI is InChI=1S/C11H11F2N3.ClH/c1-14-9-5-15-16(7-9)6-8-2-3-10(12)11(13)4-8;/h2-5,7,14H,6H2,1H3;1H. The Bertz CT molecular complexity index is 499. The van der Waals surface area contributed by atoms with Crippen molar-refractivity contribution < 1.29 is 8.78 Å². The summed E-state index contributed by atoms with van der Waals surface area (Å²) in [6, 6.07) is 3.84. The second kappa shape index (κ2) is 5.63. The number of nitrogens with one attached hydrogen (secondary N) is 1. The van der Waals surface area contributed by atoms with Gasteiger partial charge in [-0.25, -0.2) is 8.78 Å². The topological polar surface area (TPSA) is 29.9 Å². The predicted octanol–water partition coefficient (Wildman–Crippen LogP) is 2.67. The smallest absolute Gasteiger partial charge is 0.159 e. The van der Waals surface area contributed by atoms with Gasteiger partial charge in [-0.05, 0) is 17.7 Å². The van der Waals surface area contributed by atoms with Gasteiger partial charge in [-0.3, -0.25) is 4.68 Å². The van der Waals surface area contributed by atoms with Gasteiger partial charge in [0.25, 0.3) is 0 Å². The number of anilines is 1. The van der Waals surface area contributed by atoms with E-state index in [1.807, 2.05) is 0 Å². The van der Waals surface area contributed by atoms with Crippen LogP contribution in [-0.4, -0.2) is 16.8 Å². The van der Waals surface area contributed by atoms with Crippen molar-refractivity contribution >= 4 is 18.1 Å². The molecule has 3 nitrogen and oxygen atoms in total. The molecule has 0 spiro atoms. The minimum absolute atomic E-state index is 0. The maximum absolute atomic E-state index is 12.9. The number of hydrogen-bond donors (Lipinski definition) is 1. The van der Waals surface area contributed by atoms with Crippen LogP contribution in [0.3, 0.4) is 0 Å². The lowest BCUT2D eigenvalue weighted by Gasteiger charge is -2.02. The molecule has 1 heterocycles. The summed E-state index contributed by atoms with van der Waals surface area (Å²) >= 11 is 0. The van der Waals surface area contributed by atoms with Crippen LogP contribution in [0.25, 0.3) is 0 Å². The van der Waals surface area contributed by atoms with Gasteiger partial charge in [0.05, 0.1) is 18.4 Å². The number of benzene rings is 1. The van der Waals surface area contributed by atoms with Crippen molar-refractivity contribution in [1.29, 1.82) is 0 Å². The molecule has 0 amide bonds. The van der Waals surface area contributed by atoms with E-state index < -0.39 is 11.6 Å². The third-order valence-electron chi connectivity index (χ3n) is 2.25. The number of hydrogen-bond acceptors (Lipinski definition) is 2. The Morgan fingerprint density at radius 2 is 2.06 bits per heavy atom. The van der Waals surface area contributed by atoms with Gasteiger partial charge in [0.1, 0.15) is 0 Å². The molecule has 2 rings (SSSR count). The van der Waals surface area contributed by atoms with Crippen LogP contribution in [0.5, 0.6) is 0 Å². The van der Waals surface area contributed by atoms with Crippen LogP contribution in [0.1, 0.15) is 5.56 Å². The van der Waals surface area contributed by atoms with Crippen molar-refractivity contribution in [2.45, 2.75) is 6.54 Å². The molecule has 0 aliphatic rings. The first-order valence-electron chi connectivity index (χ1n) is 4.83. The third-order valence-corrected chi connectivity index (χ3v) is 2.25. The minimum atomic E-state index is -0.835. The fourth-order valence-corrected chi connectivity index (χ4v) is 1.40. The van der Waals surface area contributed by atoms with Gasteiger partial charge in [0, 0.05) is 13.2 Å². The van der Waals surface area contributed by atoms with Crippen LogP contribution in [-0.2, 0) is 6.54 Å². The molecule has 0 radical (unpaired) electrons. The minimum Gasteiger partial charge on any atom is -0.386 e. The molecule has 6 heteroatoms. The van der Waals surface area contributed by atoms with E-state index in [0.29, 0.717) is 12.1 Å². The van der Waals surface area contributed by atoms with Crippen molar-refractivity contribution in [2.75, 3.05) is 12.4 Å². The van der Waals surface area contributed by atoms with Crippen LogP contribution in [0.15, 0.2) is 30.6 Å². The summed E-state index contributed by atoms with van der Waals surface area (Å²) < 4.78 is 27.3. The van der Waals surface area contributed by atoms with Crippen LogP contribution < -0.4 is 5.32 Å². The molecular weight excluding hydrogens is 248 g/mol. The van der Waals surface area contributed by atoms with E-state index in [4.69, 9.17) is 0 Å². The van der Waals surface area contributed by atoms with E-state index in [1.165, 1.54) is 6.07 Å². The average Bonchev–Trinajstić information content (AvgIpc) is 2.71. The van der Waals surface area contributed by atoms with E-state index in [0.717, 1.165) is 11.8 Å². The third kappa shape index (κ3) is 3.17. The molecule has 2 aromatic rings. The van der Waals surface area contributed by atoms with Crippen LogP contribution in [0.4, 0.5) is 14.5 Å². The molecule has 0 atom stereocenters. The first-order valence-corrected chi connectivity index (χ1v) is 4.83. The van der Waals surface area contributed by atoms with Gasteiger partial charge < -0.3 is 5.32 Å². The van der Waals surface area contributed by atoms with Crippen LogP contribution in [0, 0.1) is 11.6 Å². The summed E-state index contributed by atoms with van der Waals surface area (Å²) in [4.78, 5) is 0. The Morgan fingerprint density at radius 3 is 2.65 bits per heavy atom. The van der Waals surface area contributed by atoms with E-state index in [1.54, 1.807) is 30.2 Å². The number of aromatic nitrogens is 2. The Hall–Kier alpha value is -1.62. The Kier molecular flexibility index (Phi) is 4.45. The summed E-state index contributed by atoms with van der Waals surface area (Å²) in [5.74, 6) is -1.67. The SMILES string of the molecule is CNc1cnn(Cc2ccc(F)c(F)c2)c1.Cl. The summed E-state index contributed by atoms with van der Waals surface area (Å²) in [6.45, 7) is 0.416. The largest absolute Gasteiger partial charge is 0.386 e. The van der Waals surface area contributed by atoms with Gasteiger partial charge in [0.2, 0.25) is 0 Å². The average molecular weight is 260 g/mol. The van der Waals surface area contributed by atoms with Gasteiger partial charge in [-0.1, -0.05) is 6.07 Å². The van der Waals surface area contributed by atoms with E-state index in [9.17, 15) is 8.78 Å². The van der Waals surface area contributed by atoms with E-state index in [-0.39, 0.29) is 12.4 Å². The van der Waals surface area contributed by atoms with Gasteiger partial charge >= 0.3 is 0 Å². The Balaban J connectivity index is 0.00000144. The normalized spacial score (nSPS) is 9.82. The van der Waals surface area contributed by atoms with Crippen molar-refractivity contribution in [3.05, 3.63) is 47.8 Å². The highest BCUT2D eigenvalue weighted by Crippen LogP contribution is 2.11. The number of halogens is 3. The fraction of sp³-hybridized carbons (Fsp3) is 0.182. The molecule has 0 saturated heterocycles. The molecular formula is C11H12ClF2N3. The van der Waals surface area contributed by atoms with Gasteiger partial charge in [-0.2, -0.15) is 5.10 Å². The number of rotatable bonds is 3. The zero-order valence-corrected chi connectivity index (χ0v) is 9.97. The summed E-state index contributed by atoms with van der Waals surface area (Å²) in [7, 11) is 1.79. The highest BCUT2D eigenvalue weighted by atomic mass is 35.5. The second-order valence-corrected chi connectivity index (χ2v) is 3.43. The lowest BCUT2D eigenvalue weighted by molar-refractivity contribution is 0.506. The monoisotopic (exact) mass is 259 g/mol. The number of nitrogens with zero attached hydrogens (tertiary/aromatic N) is 2. The quantitative estimate of drug-likeness (QED) is 0.918. The van der Waals surface area contributed by atoms with Gasteiger partial charge in [-0.15, -0.1) is 12.4 Å². The van der Waals surface area contributed by atoms with Gasteiger partial charge in [0.15, 0.2) is 11.6 Å². The van der Waals surface area contributed by atoms with Crippen LogP contribution >= 0.6 is 12.4 Å². The molecule has 0 fully saturated rings. The molecule has 0 aliphatic heterocycles. The predicted molar refractivity (Wildman–Crippen MR) is 64.5 cm³/mol. The molecule has 0 saturated carbocycles. The maximum Gasteiger partial charge on any atom is 0.159 e. The molecule has 0 unspecified atom stereocenters. The Labute approximate surface area is 104 Å². The molecule has 0 bridgehead atoms. The van der Waals surface area contributed by atoms with Crippen molar-refractivity contribution in [1.82, 2.24) is 9.78 Å². The molecule has 1 aromatic carbocycles. The van der Waals surface area contributed by atoms with Crippen molar-refractivity contribution in [3.63, 3.8) is 0 Å². The summed E-state index contributed by atoms with van der Waals surface area (Å²) in [6.07, 6.45) is 3.46. The zero-order valence-electron chi connectivity index (χ0n) is 9.15. The van der Waals surface area contributed by atoms with Crippen molar-refractivity contribution in [3.8, 4) is 0 Å². The lowest BCUT2D eigenvalue weighted by Crippen LogP contribution is -2.00. The van der Waals surface area contributed by atoms with E-state index in [2.05, 4.69) is 10.4 Å². The zero-order chi connectivity index (χ0) is 11.5. The molecule has 1 N–H and O–H groups in total. The first kappa shape index (κ1) is 13.4. The van der Waals surface area contributed by atoms with Crippen molar-refractivity contribution in [2.24, 2.45) is 0 Å². The highest BCUT2D eigenvalue weighted by molar-refractivity contribution is 5.85. The second-order valence-electron chi connectivity index (χ2n) is 3.43. The molecule has 1 aromatic heterocycles. The molecule has 92 valence electrons. The van der Waals surface area contributed by atoms with E-state index >= 15 is 0 Å². The van der Waals surface area contributed by atoms with Crippen LogP contribution in [0.2, 0.25) is 0 Å². The maximum atomic E-state index is 12.9. The first-order chi connectivity index (χ1) is 7.69. The molecule has 17 heavy (non-hydrogen) atoms. The summed E-state index contributed by atoms with van der Waals surface area (Å²) in [5, 5.41) is 7.01. The fourth-order valence-electron chi connectivity index (χ4n) is 1.40. The molecule has 0 aliphatic carbocycles. The Morgan fingerprint density at radius 1 is 1.29 bits per heavy atom. The highest BCUT2D eigenvalue weighted by Gasteiger charge is 2.03. The summed E-state index contributed by atoms with van der Waals surface area (Å²) in [5.41, 5.74) is 1.55.